The van der Waals surface area contributed by atoms with Gasteiger partial charge in [-0.15, -0.1) is 0 Å². The van der Waals surface area contributed by atoms with Crippen LogP contribution in [0.15, 0.2) is 36.4 Å². The van der Waals surface area contributed by atoms with Crippen LogP contribution in [0.2, 0.25) is 0 Å². The predicted molar refractivity (Wildman–Crippen MR) is 106 cm³/mol. The van der Waals surface area contributed by atoms with E-state index in [1.807, 2.05) is 19.1 Å². The molecule has 0 saturated heterocycles. The Bertz CT molecular complexity index is 759. The summed E-state index contributed by atoms with van der Waals surface area (Å²) in [6.45, 7) is 12.9. The molecule has 0 radical (unpaired) electrons. The van der Waals surface area contributed by atoms with E-state index < -0.39 is 0 Å². The molecule has 1 aliphatic heterocycles. The number of hydrogen-bond acceptors (Lipinski definition) is 2. The third-order valence-corrected chi connectivity index (χ3v) is 4.99. The van der Waals surface area contributed by atoms with Crippen molar-refractivity contribution in [2.75, 3.05) is 18.0 Å². The first-order valence-electron chi connectivity index (χ1n) is 9.19. The number of hydrogen-bond donors (Lipinski definition) is 1. The summed E-state index contributed by atoms with van der Waals surface area (Å²) in [5.74, 6) is 1.30. The fourth-order valence-corrected chi connectivity index (χ4v) is 3.70. The third kappa shape index (κ3) is 3.28. The molecule has 1 N–H and O–H groups in total. The SMILES string of the molecule is Cc1cccc(O)c1[N+]1=CN(c2c(C(C)C)cccc2C(C)C)CC1. The zero-order valence-electron chi connectivity index (χ0n) is 16.0. The summed E-state index contributed by atoms with van der Waals surface area (Å²) in [6.07, 6.45) is 2.16. The molecule has 0 atom stereocenters. The number of rotatable bonds is 4. The number of aromatic hydroxyl groups is 1. The maximum atomic E-state index is 10.3. The van der Waals surface area contributed by atoms with Crippen LogP contribution in [-0.4, -0.2) is 29.1 Å². The van der Waals surface area contributed by atoms with Crippen molar-refractivity contribution in [1.82, 2.24) is 0 Å². The number of phenolic OH excluding ortho intramolecular Hbond substituents is 1. The molecular formula is C22H29N2O+. The summed E-state index contributed by atoms with van der Waals surface area (Å²) in [4.78, 5) is 2.36. The van der Waals surface area contributed by atoms with Crippen LogP contribution in [0.3, 0.4) is 0 Å². The van der Waals surface area contributed by atoms with Crippen LogP contribution in [-0.2, 0) is 0 Å². The molecule has 0 aliphatic carbocycles. The Kier molecular flexibility index (Phi) is 4.85. The van der Waals surface area contributed by atoms with E-state index in [-0.39, 0.29) is 0 Å². The second-order valence-corrected chi connectivity index (χ2v) is 7.54. The number of benzene rings is 2. The van der Waals surface area contributed by atoms with Crippen molar-refractivity contribution in [2.45, 2.75) is 46.5 Å². The molecule has 1 heterocycles. The Hall–Kier alpha value is -2.29. The molecule has 0 unspecified atom stereocenters. The van der Waals surface area contributed by atoms with Gasteiger partial charge in [-0.25, -0.2) is 9.48 Å². The lowest BCUT2D eigenvalue weighted by atomic mass is 9.92. The monoisotopic (exact) mass is 337 g/mol. The molecule has 0 saturated carbocycles. The van der Waals surface area contributed by atoms with Crippen LogP contribution in [0.25, 0.3) is 0 Å². The Morgan fingerprint density at radius 1 is 0.960 bits per heavy atom. The fraction of sp³-hybridized carbons (Fsp3) is 0.409. The van der Waals surface area contributed by atoms with E-state index in [1.54, 1.807) is 6.07 Å². The second kappa shape index (κ2) is 6.91. The second-order valence-electron chi connectivity index (χ2n) is 7.54. The zero-order valence-corrected chi connectivity index (χ0v) is 16.0. The van der Waals surface area contributed by atoms with E-state index in [1.165, 1.54) is 16.8 Å². The highest BCUT2D eigenvalue weighted by atomic mass is 16.3. The smallest absolute Gasteiger partial charge is 0.244 e. The zero-order chi connectivity index (χ0) is 18.1. The Morgan fingerprint density at radius 3 is 2.12 bits per heavy atom. The summed E-state index contributed by atoms with van der Waals surface area (Å²) in [6, 6.07) is 12.4. The van der Waals surface area contributed by atoms with Crippen molar-refractivity contribution < 1.29 is 9.68 Å². The molecule has 0 spiro atoms. The van der Waals surface area contributed by atoms with Gasteiger partial charge in [0.05, 0.1) is 0 Å². The van der Waals surface area contributed by atoms with Crippen LogP contribution >= 0.6 is 0 Å². The van der Waals surface area contributed by atoms with Gasteiger partial charge in [0.1, 0.15) is 18.8 Å². The first kappa shape index (κ1) is 17.5. The van der Waals surface area contributed by atoms with Crippen molar-refractivity contribution in [3.8, 4) is 5.75 Å². The van der Waals surface area contributed by atoms with Gasteiger partial charge in [0.25, 0.3) is 0 Å². The maximum absolute atomic E-state index is 10.3. The van der Waals surface area contributed by atoms with Crippen LogP contribution in [0.1, 0.15) is 56.2 Å². The molecule has 3 nitrogen and oxygen atoms in total. The highest BCUT2D eigenvalue weighted by Crippen LogP contribution is 2.37. The van der Waals surface area contributed by atoms with Crippen molar-refractivity contribution in [3.63, 3.8) is 0 Å². The summed E-state index contributed by atoms with van der Waals surface area (Å²) in [5.41, 5.74) is 6.12. The van der Waals surface area contributed by atoms with Crippen LogP contribution in [0.4, 0.5) is 11.4 Å². The molecule has 2 aromatic rings. The van der Waals surface area contributed by atoms with Gasteiger partial charge in [0.2, 0.25) is 6.34 Å². The van der Waals surface area contributed by atoms with Gasteiger partial charge in [0.15, 0.2) is 11.4 Å². The van der Waals surface area contributed by atoms with Crippen molar-refractivity contribution in [1.29, 1.82) is 0 Å². The Labute approximate surface area is 151 Å². The highest BCUT2D eigenvalue weighted by Gasteiger charge is 2.30. The molecule has 3 heteroatoms. The molecule has 0 amide bonds. The number of phenols is 1. The first-order chi connectivity index (χ1) is 11.9. The quantitative estimate of drug-likeness (QED) is 0.782. The molecular weight excluding hydrogens is 308 g/mol. The van der Waals surface area contributed by atoms with Gasteiger partial charge >= 0.3 is 0 Å². The normalized spacial score (nSPS) is 14.5. The fourth-order valence-electron chi connectivity index (χ4n) is 3.70. The van der Waals surface area contributed by atoms with E-state index in [0.29, 0.717) is 17.6 Å². The summed E-state index contributed by atoms with van der Waals surface area (Å²) in [5, 5.41) is 10.3. The van der Waals surface area contributed by atoms with Crippen LogP contribution < -0.4 is 4.90 Å². The topological polar surface area (TPSA) is 26.5 Å². The molecule has 1 aliphatic rings. The standard InChI is InChI=1S/C22H28N2O/c1-15(2)18-9-7-10-19(16(3)4)22(18)24-13-12-23(14-24)21-17(5)8-6-11-20(21)25/h6-11,14-16H,12-13H2,1-5H3/p+1. The Balaban J connectivity index is 2.09. The predicted octanol–water partition coefficient (Wildman–Crippen LogP) is 5.14. The summed E-state index contributed by atoms with van der Waals surface area (Å²) >= 11 is 0. The van der Waals surface area contributed by atoms with Crippen LogP contribution in [0.5, 0.6) is 5.75 Å². The summed E-state index contributed by atoms with van der Waals surface area (Å²) < 4.78 is 2.17. The third-order valence-electron chi connectivity index (χ3n) is 4.99. The average molecular weight is 337 g/mol. The average Bonchev–Trinajstić information content (AvgIpc) is 3.03. The van der Waals surface area contributed by atoms with Crippen molar-refractivity contribution in [3.05, 3.63) is 53.1 Å². The summed E-state index contributed by atoms with van der Waals surface area (Å²) in [7, 11) is 0. The molecule has 3 rings (SSSR count). The minimum atomic E-state index is 0.347. The van der Waals surface area contributed by atoms with E-state index in [9.17, 15) is 5.11 Å². The molecule has 0 aromatic heterocycles. The lowest BCUT2D eigenvalue weighted by molar-refractivity contribution is -0.425. The highest BCUT2D eigenvalue weighted by molar-refractivity contribution is 5.82. The van der Waals surface area contributed by atoms with E-state index in [0.717, 1.165) is 24.3 Å². The minimum absolute atomic E-state index is 0.347. The number of aryl methyl sites for hydroxylation is 1. The molecule has 0 fully saturated rings. The first-order valence-corrected chi connectivity index (χ1v) is 9.19. The Morgan fingerprint density at radius 2 is 1.56 bits per heavy atom. The van der Waals surface area contributed by atoms with E-state index >= 15 is 0 Å². The van der Waals surface area contributed by atoms with Gasteiger partial charge in [-0.05, 0) is 30.4 Å². The van der Waals surface area contributed by atoms with Crippen molar-refractivity contribution >= 4 is 17.7 Å². The maximum Gasteiger partial charge on any atom is 0.244 e. The van der Waals surface area contributed by atoms with Crippen LogP contribution in [0, 0.1) is 6.92 Å². The van der Waals surface area contributed by atoms with E-state index in [4.69, 9.17) is 0 Å². The lowest BCUT2D eigenvalue weighted by Gasteiger charge is -2.20. The van der Waals surface area contributed by atoms with Gasteiger partial charge in [0, 0.05) is 11.1 Å². The molecule has 0 bridgehead atoms. The van der Waals surface area contributed by atoms with Gasteiger partial charge in [-0.3, -0.25) is 0 Å². The molecule has 132 valence electrons. The largest absolute Gasteiger partial charge is 0.504 e. The van der Waals surface area contributed by atoms with Gasteiger partial charge in [-0.1, -0.05) is 58.0 Å². The van der Waals surface area contributed by atoms with Gasteiger partial charge in [-0.2, -0.15) is 0 Å². The number of anilines is 1. The number of para-hydroxylation sites is 2. The van der Waals surface area contributed by atoms with Gasteiger partial charge < -0.3 is 5.11 Å². The molecule has 2 aromatic carbocycles. The molecule has 25 heavy (non-hydrogen) atoms. The lowest BCUT2D eigenvalue weighted by Crippen LogP contribution is -2.22. The van der Waals surface area contributed by atoms with E-state index in [2.05, 4.69) is 61.7 Å². The van der Waals surface area contributed by atoms with Crippen molar-refractivity contribution in [2.24, 2.45) is 0 Å². The minimum Gasteiger partial charge on any atom is -0.504 e. The number of nitrogens with zero attached hydrogens (tertiary/aromatic N) is 2.